The summed E-state index contributed by atoms with van der Waals surface area (Å²) in [5, 5.41) is 28.1. The second-order valence-corrected chi connectivity index (χ2v) is 5.83. The van der Waals surface area contributed by atoms with Crippen molar-refractivity contribution in [2.75, 3.05) is 0 Å². The molecule has 1 N–H and O–H groups in total. The summed E-state index contributed by atoms with van der Waals surface area (Å²) in [6, 6.07) is 8.39. The van der Waals surface area contributed by atoms with Gasteiger partial charge in [0.05, 0.1) is 5.69 Å². The van der Waals surface area contributed by atoms with Crippen LogP contribution in [-0.4, -0.2) is 9.67 Å². The van der Waals surface area contributed by atoms with Gasteiger partial charge in [0.15, 0.2) is 5.69 Å². The quantitative estimate of drug-likeness (QED) is 0.809. The molecule has 0 amide bonds. The number of hydrogen-bond acceptors (Lipinski definition) is 5. The SMILES string of the molecule is CCC(C)n1c(O)c(C#N)c(C)c(N=Nc2cccc(Cl)c2)c1=O. The van der Waals surface area contributed by atoms with Crippen LogP contribution >= 0.6 is 11.6 Å². The van der Waals surface area contributed by atoms with Crippen LogP contribution in [0.2, 0.25) is 5.02 Å². The molecule has 0 aliphatic heterocycles. The Morgan fingerprint density at radius 2 is 2.12 bits per heavy atom. The van der Waals surface area contributed by atoms with Crippen molar-refractivity contribution < 1.29 is 5.11 Å². The highest BCUT2D eigenvalue weighted by Gasteiger charge is 2.21. The fourth-order valence-electron chi connectivity index (χ4n) is 2.27. The molecule has 1 aromatic heterocycles. The number of benzene rings is 1. The van der Waals surface area contributed by atoms with Gasteiger partial charge in [-0.25, -0.2) is 0 Å². The summed E-state index contributed by atoms with van der Waals surface area (Å²) >= 11 is 5.90. The standard InChI is InChI=1S/C17H17ClN4O2/c1-4-10(2)22-16(23)14(9-19)11(3)15(17(22)24)21-20-13-7-5-6-12(18)8-13/h5-8,10,23H,4H2,1-3H3. The first-order valence-electron chi connectivity index (χ1n) is 7.46. The largest absolute Gasteiger partial charge is 0.493 e. The molecule has 1 atom stereocenters. The Bertz CT molecular complexity index is 897. The zero-order valence-electron chi connectivity index (χ0n) is 13.6. The van der Waals surface area contributed by atoms with Crippen molar-refractivity contribution in [2.45, 2.75) is 33.2 Å². The van der Waals surface area contributed by atoms with E-state index in [0.717, 1.165) is 0 Å². The normalized spacial score (nSPS) is 12.3. The van der Waals surface area contributed by atoms with E-state index in [-0.39, 0.29) is 23.2 Å². The van der Waals surface area contributed by atoms with Gasteiger partial charge in [0.2, 0.25) is 5.88 Å². The van der Waals surface area contributed by atoms with Crippen LogP contribution in [0.1, 0.15) is 37.4 Å². The van der Waals surface area contributed by atoms with Gasteiger partial charge < -0.3 is 5.11 Å². The molecular weight excluding hydrogens is 328 g/mol. The van der Waals surface area contributed by atoms with E-state index in [2.05, 4.69) is 10.2 Å². The Morgan fingerprint density at radius 3 is 2.71 bits per heavy atom. The predicted molar refractivity (Wildman–Crippen MR) is 92.4 cm³/mol. The summed E-state index contributed by atoms with van der Waals surface area (Å²) in [6.45, 7) is 5.23. The van der Waals surface area contributed by atoms with Gasteiger partial charge in [-0.15, -0.1) is 5.11 Å². The summed E-state index contributed by atoms with van der Waals surface area (Å²) in [7, 11) is 0. The molecule has 0 bridgehead atoms. The Labute approximate surface area is 144 Å². The zero-order chi connectivity index (χ0) is 17.9. The number of aromatic hydroxyl groups is 1. The molecule has 0 saturated carbocycles. The van der Waals surface area contributed by atoms with Crippen LogP contribution in [0.25, 0.3) is 0 Å². The van der Waals surface area contributed by atoms with Crippen LogP contribution < -0.4 is 5.56 Å². The lowest BCUT2D eigenvalue weighted by molar-refractivity contribution is 0.372. The lowest BCUT2D eigenvalue weighted by Crippen LogP contribution is -2.24. The van der Waals surface area contributed by atoms with Gasteiger partial charge in [0.25, 0.3) is 5.56 Å². The van der Waals surface area contributed by atoms with Crippen molar-refractivity contribution in [3.8, 4) is 11.9 Å². The second-order valence-electron chi connectivity index (χ2n) is 5.40. The summed E-state index contributed by atoms with van der Waals surface area (Å²) in [5.41, 5.74) is 0.358. The monoisotopic (exact) mass is 344 g/mol. The fraction of sp³-hybridized carbons (Fsp3) is 0.294. The van der Waals surface area contributed by atoms with Gasteiger partial charge >= 0.3 is 0 Å². The van der Waals surface area contributed by atoms with E-state index in [0.29, 0.717) is 22.7 Å². The van der Waals surface area contributed by atoms with Crippen molar-refractivity contribution >= 4 is 23.0 Å². The molecule has 2 aromatic rings. The number of nitriles is 1. The van der Waals surface area contributed by atoms with Gasteiger partial charge in [-0.3, -0.25) is 9.36 Å². The van der Waals surface area contributed by atoms with Crippen LogP contribution in [0.4, 0.5) is 11.4 Å². The van der Waals surface area contributed by atoms with E-state index < -0.39 is 5.56 Å². The topological polar surface area (TPSA) is 90.7 Å². The number of nitrogens with zero attached hydrogens (tertiary/aromatic N) is 4. The van der Waals surface area contributed by atoms with Crippen LogP contribution in [-0.2, 0) is 0 Å². The molecule has 0 radical (unpaired) electrons. The molecule has 0 fully saturated rings. The Hall–Kier alpha value is -2.65. The van der Waals surface area contributed by atoms with E-state index in [1.807, 2.05) is 13.0 Å². The minimum Gasteiger partial charge on any atom is -0.493 e. The minimum atomic E-state index is -0.482. The average molecular weight is 345 g/mol. The highest BCUT2D eigenvalue weighted by atomic mass is 35.5. The Balaban J connectivity index is 2.66. The number of hydrogen-bond donors (Lipinski definition) is 1. The highest BCUT2D eigenvalue weighted by molar-refractivity contribution is 6.30. The Morgan fingerprint density at radius 1 is 1.42 bits per heavy atom. The van der Waals surface area contributed by atoms with E-state index in [1.165, 1.54) is 4.57 Å². The molecule has 2 rings (SSSR count). The number of pyridine rings is 1. The average Bonchev–Trinajstić information content (AvgIpc) is 2.55. The Kier molecular flexibility index (Phi) is 5.37. The van der Waals surface area contributed by atoms with Crippen LogP contribution in [0.3, 0.4) is 0 Å². The first-order valence-corrected chi connectivity index (χ1v) is 7.83. The molecule has 124 valence electrons. The number of halogens is 1. The molecule has 1 unspecified atom stereocenters. The first-order chi connectivity index (χ1) is 11.4. The molecule has 0 aliphatic carbocycles. The first kappa shape index (κ1) is 17.7. The maximum absolute atomic E-state index is 12.7. The molecule has 0 saturated heterocycles. The van der Waals surface area contributed by atoms with Gasteiger partial charge in [-0.1, -0.05) is 24.6 Å². The van der Waals surface area contributed by atoms with E-state index in [4.69, 9.17) is 11.6 Å². The van der Waals surface area contributed by atoms with Crippen LogP contribution in [0.15, 0.2) is 39.3 Å². The van der Waals surface area contributed by atoms with Crippen molar-refractivity contribution in [1.82, 2.24) is 4.57 Å². The molecule has 1 aromatic carbocycles. The summed E-state index contributed by atoms with van der Waals surface area (Å²) in [6.07, 6.45) is 0.617. The van der Waals surface area contributed by atoms with Gasteiger partial charge in [-0.2, -0.15) is 10.4 Å². The van der Waals surface area contributed by atoms with Crippen molar-refractivity contribution in [1.29, 1.82) is 5.26 Å². The van der Waals surface area contributed by atoms with Gasteiger partial charge in [0, 0.05) is 16.6 Å². The molecule has 0 spiro atoms. The van der Waals surface area contributed by atoms with Crippen molar-refractivity contribution in [3.05, 3.63) is 50.8 Å². The molecule has 0 aliphatic rings. The summed E-state index contributed by atoms with van der Waals surface area (Å²) in [5.74, 6) is -0.337. The minimum absolute atomic E-state index is 0.0231. The van der Waals surface area contributed by atoms with Crippen molar-refractivity contribution in [2.24, 2.45) is 10.2 Å². The summed E-state index contributed by atoms with van der Waals surface area (Å²) in [4.78, 5) is 12.7. The maximum atomic E-state index is 12.7. The van der Waals surface area contributed by atoms with E-state index in [9.17, 15) is 15.2 Å². The zero-order valence-corrected chi connectivity index (χ0v) is 14.4. The van der Waals surface area contributed by atoms with E-state index in [1.54, 1.807) is 38.1 Å². The predicted octanol–water partition coefficient (Wildman–Crippen LogP) is 4.77. The molecule has 6 nitrogen and oxygen atoms in total. The lowest BCUT2D eigenvalue weighted by atomic mass is 10.1. The third kappa shape index (κ3) is 3.31. The number of aromatic nitrogens is 1. The summed E-state index contributed by atoms with van der Waals surface area (Å²) < 4.78 is 1.18. The fourth-order valence-corrected chi connectivity index (χ4v) is 2.45. The smallest absolute Gasteiger partial charge is 0.281 e. The van der Waals surface area contributed by atoms with E-state index >= 15 is 0 Å². The second kappa shape index (κ2) is 7.28. The highest BCUT2D eigenvalue weighted by Crippen LogP contribution is 2.29. The molecule has 24 heavy (non-hydrogen) atoms. The lowest BCUT2D eigenvalue weighted by Gasteiger charge is -2.17. The molecule has 7 heteroatoms. The molecule has 1 heterocycles. The van der Waals surface area contributed by atoms with Crippen molar-refractivity contribution in [3.63, 3.8) is 0 Å². The number of azo groups is 1. The van der Waals surface area contributed by atoms with Gasteiger partial charge in [-0.05, 0) is 38.5 Å². The maximum Gasteiger partial charge on any atom is 0.281 e. The third-order valence-corrected chi connectivity index (χ3v) is 4.06. The van der Waals surface area contributed by atoms with Crippen LogP contribution in [0.5, 0.6) is 5.88 Å². The van der Waals surface area contributed by atoms with Crippen LogP contribution in [0, 0.1) is 18.3 Å². The molecular formula is C17H17ClN4O2. The number of rotatable bonds is 4. The third-order valence-electron chi connectivity index (χ3n) is 3.82. The van der Waals surface area contributed by atoms with Gasteiger partial charge in [0.1, 0.15) is 11.6 Å².